The van der Waals surface area contributed by atoms with Crippen LogP contribution in [0.3, 0.4) is 0 Å². The van der Waals surface area contributed by atoms with E-state index in [1.807, 2.05) is 37.4 Å². The summed E-state index contributed by atoms with van der Waals surface area (Å²) in [6.45, 7) is 2.53. The zero-order valence-electron chi connectivity index (χ0n) is 18.0. The lowest BCUT2D eigenvalue weighted by Gasteiger charge is -2.44. The van der Waals surface area contributed by atoms with Crippen LogP contribution in [0, 0.1) is 5.92 Å². The van der Waals surface area contributed by atoms with Gasteiger partial charge in [0.25, 0.3) is 5.91 Å². The van der Waals surface area contributed by atoms with E-state index in [0.29, 0.717) is 18.0 Å². The van der Waals surface area contributed by atoms with E-state index >= 15 is 0 Å². The second-order valence-corrected chi connectivity index (χ2v) is 9.24. The van der Waals surface area contributed by atoms with Crippen LogP contribution in [0.2, 0.25) is 0 Å². The molecule has 1 unspecified atom stereocenters. The van der Waals surface area contributed by atoms with Gasteiger partial charge in [-0.05, 0) is 50.2 Å². The van der Waals surface area contributed by atoms with Gasteiger partial charge in [-0.25, -0.2) is 4.99 Å². The van der Waals surface area contributed by atoms with Gasteiger partial charge in [0.2, 0.25) is 5.96 Å². The summed E-state index contributed by atoms with van der Waals surface area (Å²) >= 11 is 0. The van der Waals surface area contributed by atoms with E-state index in [2.05, 4.69) is 20.7 Å². The summed E-state index contributed by atoms with van der Waals surface area (Å²) in [5, 5.41) is 5.76. The van der Waals surface area contributed by atoms with Crippen LogP contribution in [0.1, 0.15) is 32.1 Å². The molecule has 0 bridgehead atoms. The first kappa shape index (κ1) is 19.1. The number of aliphatic imine (C=N–C) groups is 1. The van der Waals surface area contributed by atoms with Gasteiger partial charge in [0.15, 0.2) is 0 Å². The topological polar surface area (TPSA) is 72.4 Å². The number of hydrogen-bond donors (Lipinski definition) is 2. The Kier molecular flexibility index (Phi) is 4.65. The molecule has 1 aromatic rings. The summed E-state index contributed by atoms with van der Waals surface area (Å²) in [6.07, 6.45) is 5.45. The molecule has 4 heterocycles. The summed E-state index contributed by atoms with van der Waals surface area (Å²) in [7, 11) is 1.86. The Balaban J connectivity index is 1.38. The van der Waals surface area contributed by atoms with Crippen molar-refractivity contribution in [3.05, 3.63) is 41.7 Å². The van der Waals surface area contributed by atoms with Crippen molar-refractivity contribution in [1.82, 2.24) is 20.2 Å². The maximum Gasteiger partial charge on any atom is 0.263 e. The molecule has 8 heteroatoms. The summed E-state index contributed by atoms with van der Waals surface area (Å²) in [4.78, 5) is 22.7. The van der Waals surface area contributed by atoms with E-state index < -0.39 is 0 Å². The minimum absolute atomic E-state index is 0.0281. The Morgan fingerprint density at radius 1 is 1.16 bits per heavy atom. The first-order chi connectivity index (χ1) is 15.2. The Morgan fingerprint density at radius 3 is 2.77 bits per heavy atom. The molecule has 5 aliphatic rings. The van der Waals surface area contributed by atoms with E-state index in [1.54, 1.807) is 4.90 Å². The number of anilines is 1. The van der Waals surface area contributed by atoms with Crippen LogP contribution in [0.4, 0.5) is 5.69 Å². The number of carbonyl (C=O) groups excluding carboxylic acids is 1. The zero-order valence-corrected chi connectivity index (χ0v) is 18.0. The molecule has 3 fully saturated rings. The molecule has 2 N–H and O–H groups in total. The van der Waals surface area contributed by atoms with E-state index in [4.69, 9.17) is 9.73 Å². The van der Waals surface area contributed by atoms with Crippen molar-refractivity contribution in [1.29, 1.82) is 0 Å². The number of benzene rings is 1. The van der Waals surface area contributed by atoms with Crippen LogP contribution in [-0.2, 0) is 9.53 Å². The van der Waals surface area contributed by atoms with E-state index in [9.17, 15) is 4.79 Å². The zero-order chi connectivity index (χ0) is 20.9. The monoisotopic (exact) mass is 422 g/mol. The van der Waals surface area contributed by atoms with Gasteiger partial charge in [0.1, 0.15) is 12.0 Å². The van der Waals surface area contributed by atoms with Crippen molar-refractivity contribution in [2.45, 2.75) is 50.4 Å². The molecule has 8 nitrogen and oxygen atoms in total. The second kappa shape index (κ2) is 7.53. The normalized spacial score (nSPS) is 30.8. The molecular weight excluding hydrogens is 392 g/mol. The first-order valence-corrected chi connectivity index (χ1v) is 11.5. The smallest absolute Gasteiger partial charge is 0.263 e. The molecule has 2 saturated heterocycles. The molecule has 3 atom stereocenters. The lowest BCUT2D eigenvalue weighted by Crippen LogP contribution is -2.63. The third-order valence-corrected chi connectivity index (χ3v) is 7.33. The number of nitrogens with zero attached hydrogens (tertiary/aromatic N) is 4. The molecule has 1 aromatic carbocycles. The third kappa shape index (κ3) is 3.11. The lowest BCUT2D eigenvalue weighted by molar-refractivity contribution is -0.126. The minimum Gasteiger partial charge on any atom is -0.381 e. The number of rotatable bonds is 4. The minimum atomic E-state index is -0.121. The largest absolute Gasteiger partial charge is 0.381 e. The fourth-order valence-corrected chi connectivity index (χ4v) is 5.75. The van der Waals surface area contributed by atoms with Gasteiger partial charge in [-0.15, -0.1) is 0 Å². The number of ether oxygens (including phenoxy) is 1. The Hall–Kier alpha value is -2.58. The molecule has 1 amide bonds. The van der Waals surface area contributed by atoms with Gasteiger partial charge in [0.05, 0.1) is 17.7 Å². The van der Waals surface area contributed by atoms with Crippen LogP contribution in [0.25, 0.3) is 0 Å². The fourth-order valence-electron chi connectivity index (χ4n) is 5.75. The van der Waals surface area contributed by atoms with Gasteiger partial charge in [-0.1, -0.05) is 18.2 Å². The maximum absolute atomic E-state index is 13.5. The summed E-state index contributed by atoms with van der Waals surface area (Å²) in [5.74, 6) is 2.21. The lowest BCUT2D eigenvalue weighted by atomic mass is 9.99. The second-order valence-electron chi connectivity index (χ2n) is 9.24. The number of nitrogens with one attached hydrogen (secondary N) is 2. The average Bonchev–Trinajstić information content (AvgIpc) is 3.47. The summed E-state index contributed by atoms with van der Waals surface area (Å²) < 4.78 is 5.58. The number of guanidine groups is 1. The number of fused-ring (bicyclic) bond motifs is 5. The molecule has 1 aliphatic carbocycles. The molecule has 0 spiro atoms. The molecular formula is C23H30N6O2. The molecule has 0 aromatic heterocycles. The van der Waals surface area contributed by atoms with Gasteiger partial charge in [0, 0.05) is 32.5 Å². The Bertz CT molecular complexity index is 925. The molecule has 31 heavy (non-hydrogen) atoms. The Morgan fingerprint density at radius 2 is 1.97 bits per heavy atom. The standard InChI is InChI=1S/C23H30N6O2/c1-27-22(30)19-20(24-16-6-3-2-4-7-16)26-28(14-15-10-12-31-13-11-15)21(19)29-18-9-5-8-17(18)25-23(27)29/h2-4,6-7,15,17-18,21,24,26H,5,8-14H2,1H3/t17-,18+,21?/m1/s1. The van der Waals surface area contributed by atoms with Crippen LogP contribution in [0.5, 0.6) is 0 Å². The number of hydrazine groups is 1. The van der Waals surface area contributed by atoms with Crippen molar-refractivity contribution < 1.29 is 9.53 Å². The maximum atomic E-state index is 13.5. The third-order valence-electron chi connectivity index (χ3n) is 7.33. The molecule has 1 saturated carbocycles. The fraction of sp³-hybridized carbons (Fsp3) is 0.565. The van der Waals surface area contributed by atoms with Gasteiger partial charge >= 0.3 is 0 Å². The van der Waals surface area contributed by atoms with Crippen LogP contribution >= 0.6 is 0 Å². The number of para-hydroxylation sites is 1. The van der Waals surface area contributed by atoms with Crippen molar-refractivity contribution in [3.8, 4) is 0 Å². The number of carbonyl (C=O) groups is 1. The number of hydrogen-bond acceptors (Lipinski definition) is 7. The van der Waals surface area contributed by atoms with Gasteiger partial charge < -0.3 is 20.4 Å². The van der Waals surface area contributed by atoms with Crippen LogP contribution < -0.4 is 10.7 Å². The molecule has 164 valence electrons. The first-order valence-electron chi connectivity index (χ1n) is 11.5. The van der Waals surface area contributed by atoms with Gasteiger partial charge in [-0.2, -0.15) is 5.01 Å². The highest BCUT2D eigenvalue weighted by Gasteiger charge is 2.55. The highest BCUT2D eigenvalue weighted by molar-refractivity contribution is 6.10. The van der Waals surface area contributed by atoms with Crippen molar-refractivity contribution in [2.75, 3.05) is 32.1 Å². The van der Waals surface area contributed by atoms with Gasteiger partial charge in [-0.3, -0.25) is 9.69 Å². The van der Waals surface area contributed by atoms with E-state index in [-0.39, 0.29) is 12.1 Å². The quantitative estimate of drug-likeness (QED) is 0.773. The van der Waals surface area contributed by atoms with Crippen molar-refractivity contribution >= 4 is 17.6 Å². The highest BCUT2D eigenvalue weighted by atomic mass is 16.5. The highest BCUT2D eigenvalue weighted by Crippen LogP contribution is 2.41. The number of amides is 1. The van der Waals surface area contributed by atoms with E-state index in [1.165, 1.54) is 6.42 Å². The predicted molar refractivity (Wildman–Crippen MR) is 118 cm³/mol. The van der Waals surface area contributed by atoms with Crippen LogP contribution in [-0.4, -0.2) is 71.7 Å². The van der Waals surface area contributed by atoms with Crippen LogP contribution in [0.15, 0.2) is 46.7 Å². The van der Waals surface area contributed by atoms with Crippen molar-refractivity contribution in [2.24, 2.45) is 10.9 Å². The SMILES string of the molecule is CN1C(=O)C2=C(Nc3ccccc3)NN(CC3CCOCC3)C2N2C1=N[C@@H]1CCC[C@@H]12. The summed E-state index contributed by atoms with van der Waals surface area (Å²) in [5.41, 5.74) is 5.36. The molecule has 0 radical (unpaired) electrons. The molecule has 4 aliphatic heterocycles. The number of likely N-dealkylation sites (N-methyl/N-ethyl adjacent to an activating group) is 1. The molecule has 6 rings (SSSR count). The van der Waals surface area contributed by atoms with E-state index in [0.717, 1.165) is 68.5 Å². The van der Waals surface area contributed by atoms with Crippen molar-refractivity contribution in [3.63, 3.8) is 0 Å². The average molecular weight is 423 g/mol. The summed E-state index contributed by atoms with van der Waals surface area (Å²) in [6, 6.07) is 10.7. The predicted octanol–water partition coefficient (Wildman–Crippen LogP) is 1.95. The Labute approximate surface area is 182 Å².